The summed E-state index contributed by atoms with van der Waals surface area (Å²) in [5.41, 5.74) is 1.68. The first-order valence-corrected chi connectivity index (χ1v) is 10.3. The van der Waals surface area contributed by atoms with E-state index in [2.05, 4.69) is 13.5 Å². The molecule has 1 aliphatic carbocycles. The fraction of sp³-hybridized carbons (Fsp3) is 0.417. The lowest BCUT2D eigenvalue weighted by molar-refractivity contribution is 0.309. The molecule has 0 amide bonds. The molecule has 1 fully saturated rings. The van der Waals surface area contributed by atoms with Crippen LogP contribution in [0.4, 0.5) is 13.2 Å². The second-order valence-electron chi connectivity index (χ2n) is 7.95. The molecule has 1 aliphatic heterocycles. The van der Waals surface area contributed by atoms with Crippen LogP contribution in [0.5, 0.6) is 17.2 Å². The van der Waals surface area contributed by atoms with Crippen LogP contribution in [0.25, 0.3) is 0 Å². The van der Waals surface area contributed by atoms with Crippen molar-refractivity contribution in [2.24, 2.45) is 5.92 Å². The molecular weight excluding hydrogens is 377 g/mol. The van der Waals surface area contributed by atoms with E-state index in [0.29, 0.717) is 22.6 Å². The molecule has 1 saturated carbocycles. The van der Waals surface area contributed by atoms with E-state index in [1.165, 1.54) is 12.1 Å². The van der Waals surface area contributed by atoms with Crippen LogP contribution in [0, 0.1) is 23.4 Å². The third-order valence-corrected chi connectivity index (χ3v) is 6.22. The number of hydrogen-bond acceptors (Lipinski definition) is 2. The van der Waals surface area contributed by atoms with Crippen LogP contribution in [-0.4, -0.2) is 6.61 Å². The van der Waals surface area contributed by atoms with E-state index in [9.17, 15) is 8.78 Å². The maximum Gasteiger partial charge on any atom is 0.205 e. The van der Waals surface area contributed by atoms with Gasteiger partial charge in [0.25, 0.3) is 0 Å². The number of hydrogen-bond donors (Lipinski definition) is 0. The molecule has 0 aromatic heterocycles. The van der Waals surface area contributed by atoms with Gasteiger partial charge in [0.2, 0.25) is 11.6 Å². The summed E-state index contributed by atoms with van der Waals surface area (Å²) >= 11 is 0. The second kappa shape index (κ2) is 8.13. The molecule has 0 atom stereocenters. The van der Waals surface area contributed by atoms with Crippen molar-refractivity contribution >= 4 is 0 Å². The smallest absolute Gasteiger partial charge is 0.205 e. The monoisotopic (exact) mass is 402 g/mol. The zero-order valence-corrected chi connectivity index (χ0v) is 16.6. The van der Waals surface area contributed by atoms with E-state index in [-0.39, 0.29) is 36.2 Å². The highest BCUT2D eigenvalue weighted by Crippen LogP contribution is 2.46. The lowest BCUT2D eigenvalue weighted by Gasteiger charge is -2.30. The van der Waals surface area contributed by atoms with Gasteiger partial charge in [0.1, 0.15) is 6.61 Å². The predicted octanol–water partition coefficient (Wildman–Crippen LogP) is 7.05. The molecule has 0 saturated heterocycles. The summed E-state index contributed by atoms with van der Waals surface area (Å²) in [5.74, 6) is -2.31. The van der Waals surface area contributed by atoms with Gasteiger partial charge in [0.15, 0.2) is 23.1 Å². The van der Waals surface area contributed by atoms with Gasteiger partial charge in [-0.15, -0.1) is 0 Å². The van der Waals surface area contributed by atoms with Crippen molar-refractivity contribution in [1.82, 2.24) is 0 Å². The average Bonchev–Trinajstić information content (AvgIpc) is 2.75. The summed E-state index contributed by atoms with van der Waals surface area (Å²) in [7, 11) is 0. The second-order valence-corrected chi connectivity index (χ2v) is 7.95. The normalized spacial score (nSPS) is 20.4. The van der Waals surface area contributed by atoms with Crippen molar-refractivity contribution in [3.63, 3.8) is 0 Å². The molecule has 2 aromatic rings. The van der Waals surface area contributed by atoms with Crippen LogP contribution in [0.1, 0.15) is 61.6 Å². The Kier molecular flexibility index (Phi) is 5.57. The summed E-state index contributed by atoms with van der Waals surface area (Å²) in [6, 6.07) is 5.08. The SMILES string of the molecule is C=CCOc1cc2c(c(F)c1F)Oc1c(ccc(C3CCC(CC)CC3)c1F)C2. The zero-order valence-electron chi connectivity index (χ0n) is 16.6. The van der Waals surface area contributed by atoms with E-state index in [4.69, 9.17) is 9.47 Å². The van der Waals surface area contributed by atoms with Gasteiger partial charge in [-0.2, -0.15) is 8.78 Å². The molecule has 154 valence electrons. The Labute approximate surface area is 169 Å². The molecule has 1 heterocycles. The highest BCUT2D eigenvalue weighted by atomic mass is 19.2. The van der Waals surface area contributed by atoms with E-state index >= 15 is 4.39 Å². The summed E-state index contributed by atoms with van der Waals surface area (Å²) in [6.45, 7) is 5.75. The molecule has 0 bridgehead atoms. The Morgan fingerprint density at radius 2 is 1.76 bits per heavy atom. The molecule has 0 radical (unpaired) electrons. The van der Waals surface area contributed by atoms with Crippen molar-refractivity contribution in [1.29, 1.82) is 0 Å². The fourth-order valence-electron chi connectivity index (χ4n) is 4.50. The number of rotatable bonds is 5. The maximum atomic E-state index is 15.3. The lowest BCUT2D eigenvalue weighted by Crippen LogP contribution is -2.15. The first-order chi connectivity index (χ1) is 14.0. The van der Waals surface area contributed by atoms with Crippen molar-refractivity contribution in [3.05, 3.63) is 65.0 Å². The lowest BCUT2D eigenvalue weighted by atomic mass is 9.77. The Bertz CT molecular complexity index is 930. The van der Waals surface area contributed by atoms with Gasteiger partial charge < -0.3 is 9.47 Å². The van der Waals surface area contributed by atoms with Gasteiger partial charge in [-0.05, 0) is 49.1 Å². The standard InChI is InChI=1S/C24H25F3O2/c1-3-11-28-19-13-17-12-16-9-10-18(15-7-5-14(4-2)6-8-15)20(25)23(16)29-24(17)22(27)21(19)26/h3,9-10,13-15H,1,4-8,11-12H2,2H3. The van der Waals surface area contributed by atoms with E-state index in [0.717, 1.165) is 32.1 Å². The van der Waals surface area contributed by atoms with E-state index in [1.807, 2.05) is 12.1 Å². The molecule has 29 heavy (non-hydrogen) atoms. The maximum absolute atomic E-state index is 15.3. The molecule has 4 rings (SSSR count). The van der Waals surface area contributed by atoms with Gasteiger partial charge >= 0.3 is 0 Å². The van der Waals surface area contributed by atoms with Gasteiger partial charge in [-0.25, -0.2) is 4.39 Å². The molecule has 2 aliphatic rings. The third-order valence-electron chi connectivity index (χ3n) is 6.22. The molecule has 2 aromatic carbocycles. The topological polar surface area (TPSA) is 18.5 Å². The van der Waals surface area contributed by atoms with Crippen molar-refractivity contribution in [2.45, 2.75) is 51.4 Å². The van der Waals surface area contributed by atoms with Gasteiger partial charge in [-0.3, -0.25) is 0 Å². The van der Waals surface area contributed by atoms with E-state index in [1.54, 1.807) is 0 Å². The molecular formula is C24H25F3O2. The van der Waals surface area contributed by atoms with Crippen molar-refractivity contribution in [2.75, 3.05) is 6.61 Å². The Balaban J connectivity index is 1.64. The quantitative estimate of drug-likeness (QED) is 0.426. The van der Waals surface area contributed by atoms with E-state index < -0.39 is 17.5 Å². The fourth-order valence-corrected chi connectivity index (χ4v) is 4.50. The molecule has 2 nitrogen and oxygen atoms in total. The summed E-state index contributed by atoms with van der Waals surface area (Å²) in [6.07, 6.45) is 6.93. The Hall–Kier alpha value is -2.43. The van der Waals surface area contributed by atoms with Crippen LogP contribution in [0.2, 0.25) is 0 Å². The van der Waals surface area contributed by atoms with Crippen LogP contribution >= 0.6 is 0 Å². The number of fused-ring (bicyclic) bond motifs is 2. The van der Waals surface area contributed by atoms with Crippen LogP contribution in [0.15, 0.2) is 30.9 Å². The highest BCUT2D eigenvalue weighted by Gasteiger charge is 2.31. The zero-order chi connectivity index (χ0) is 20.5. The minimum Gasteiger partial charge on any atom is -0.486 e. The summed E-state index contributed by atoms with van der Waals surface area (Å²) in [4.78, 5) is 0. The Morgan fingerprint density at radius 3 is 2.45 bits per heavy atom. The molecule has 0 unspecified atom stereocenters. The van der Waals surface area contributed by atoms with Crippen molar-refractivity contribution < 1.29 is 22.6 Å². The van der Waals surface area contributed by atoms with Gasteiger partial charge in [0.05, 0.1) is 0 Å². The molecule has 5 heteroatoms. The number of halogens is 3. The van der Waals surface area contributed by atoms with Crippen molar-refractivity contribution in [3.8, 4) is 17.2 Å². The minimum atomic E-state index is -1.15. The summed E-state index contributed by atoms with van der Waals surface area (Å²) in [5, 5.41) is 0. The number of ether oxygens (including phenoxy) is 2. The summed E-state index contributed by atoms with van der Waals surface area (Å²) < 4.78 is 55.0. The Morgan fingerprint density at radius 1 is 1.03 bits per heavy atom. The molecule has 0 N–H and O–H groups in total. The van der Waals surface area contributed by atoms with Crippen LogP contribution in [-0.2, 0) is 6.42 Å². The van der Waals surface area contributed by atoms with Crippen LogP contribution < -0.4 is 9.47 Å². The van der Waals surface area contributed by atoms with Crippen LogP contribution in [0.3, 0.4) is 0 Å². The third kappa shape index (κ3) is 3.63. The minimum absolute atomic E-state index is 0.0191. The number of benzene rings is 2. The van der Waals surface area contributed by atoms with Gasteiger partial charge in [-0.1, -0.05) is 38.1 Å². The first-order valence-electron chi connectivity index (χ1n) is 10.3. The predicted molar refractivity (Wildman–Crippen MR) is 106 cm³/mol. The molecule has 0 spiro atoms. The highest BCUT2D eigenvalue weighted by molar-refractivity contribution is 5.55. The average molecular weight is 402 g/mol. The largest absolute Gasteiger partial charge is 0.486 e. The van der Waals surface area contributed by atoms with Gasteiger partial charge in [0, 0.05) is 17.5 Å². The first kappa shape index (κ1) is 19.9.